The number of halogens is 1. The number of thioether (sulfide) groups is 1. The second-order valence-electron chi connectivity index (χ2n) is 6.89. The Labute approximate surface area is 189 Å². The summed E-state index contributed by atoms with van der Waals surface area (Å²) in [5.74, 6) is -0.803. The Balaban J connectivity index is 1.71. The van der Waals surface area contributed by atoms with Gasteiger partial charge in [0.25, 0.3) is 0 Å². The van der Waals surface area contributed by atoms with Gasteiger partial charge in [0.15, 0.2) is 0 Å². The molecule has 1 aliphatic heterocycles. The van der Waals surface area contributed by atoms with E-state index in [1.165, 1.54) is 12.1 Å². The van der Waals surface area contributed by atoms with E-state index in [2.05, 4.69) is 6.07 Å². The zero-order valence-corrected chi connectivity index (χ0v) is 18.4. The van der Waals surface area contributed by atoms with Crippen molar-refractivity contribution in [3.05, 3.63) is 95.1 Å². The second-order valence-corrected chi connectivity index (χ2v) is 9.31. The molecule has 32 heavy (non-hydrogen) atoms. The van der Waals surface area contributed by atoms with Crippen LogP contribution in [0.2, 0.25) is 0 Å². The molecular weight excluding hydrogens is 451 g/mol. The molecule has 3 aromatic rings. The number of ether oxygens (including phenoxy) is 1. The van der Waals surface area contributed by atoms with E-state index in [9.17, 15) is 18.1 Å². The minimum atomic E-state index is -4.18. The highest BCUT2D eigenvalue weighted by Crippen LogP contribution is 2.43. The van der Waals surface area contributed by atoms with Gasteiger partial charge in [-0.3, -0.25) is 0 Å². The van der Waals surface area contributed by atoms with E-state index in [4.69, 9.17) is 14.7 Å². The Morgan fingerprint density at radius 2 is 1.78 bits per heavy atom. The van der Waals surface area contributed by atoms with Crippen LogP contribution in [-0.2, 0) is 10.1 Å². The summed E-state index contributed by atoms with van der Waals surface area (Å²) < 4.78 is 49.0. The molecule has 1 aliphatic rings. The zero-order chi connectivity index (χ0) is 22.9. The number of nitrogens with two attached hydrogens (primary N) is 1. The summed E-state index contributed by atoms with van der Waals surface area (Å²) in [5, 5.41) is 9.67. The van der Waals surface area contributed by atoms with Crippen molar-refractivity contribution in [3.63, 3.8) is 0 Å². The summed E-state index contributed by atoms with van der Waals surface area (Å²) in [7, 11) is -4.18. The molecular formula is C23H17FN2O4S2. The number of fused-ring (bicyclic) bond motifs is 1. The average Bonchev–Trinajstić information content (AvgIpc) is 2.78. The van der Waals surface area contributed by atoms with Gasteiger partial charge in [-0.1, -0.05) is 18.2 Å². The van der Waals surface area contributed by atoms with Gasteiger partial charge in [-0.25, -0.2) is 4.39 Å². The third-order valence-electron chi connectivity index (χ3n) is 4.95. The van der Waals surface area contributed by atoms with Crippen LogP contribution in [0.5, 0.6) is 11.5 Å². The van der Waals surface area contributed by atoms with Crippen LogP contribution >= 0.6 is 11.8 Å². The molecule has 1 unspecified atom stereocenters. The Morgan fingerprint density at radius 3 is 2.41 bits per heavy atom. The van der Waals surface area contributed by atoms with Crippen LogP contribution in [0.15, 0.2) is 88.0 Å². The molecule has 0 aliphatic carbocycles. The Hall–Kier alpha value is -3.48. The maximum absolute atomic E-state index is 13.1. The number of benzene rings is 3. The van der Waals surface area contributed by atoms with E-state index in [-0.39, 0.29) is 27.9 Å². The number of allylic oxidation sites excluding steroid dienone is 1. The molecule has 0 saturated heterocycles. The lowest BCUT2D eigenvalue weighted by molar-refractivity contribution is 0.391. The van der Waals surface area contributed by atoms with Crippen molar-refractivity contribution >= 4 is 21.9 Å². The monoisotopic (exact) mass is 468 g/mol. The molecule has 4 rings (SSSR count). The second kappa shape index (κ2) is 8.57. The Bertz CT molecular complexity index is 1350. The fourth-order valence-corrected chi connectivity index (χ4v) is 4.73. The maximum atomic E-state index is 13.1. The predicted molar refractivity (Wildman–Crippen MR) is 118 cm³/mol. The quantitative estimate of drug-likeness (QED) is 0.433. The lowest BCUT2D eigenvalue weighted by Crippen LogP contribution is -2.21. The van der Waals surface area contributed by atoms with Gasteiger partial charge in [0.1, 0.15) is 33.9 Å². The predicted octanol–water partition coefficient (Wildman–Crippen LogP) is 4.53. The highest BCUT2D eigenvalue weighted by molar-refractivity contribution is 7.98. The third kappa shape index (κ3) is 4.15. The van der Waals surface area contributed by atoms with Gasteiger partial charge in [0.05, 0.1) is 5.92 Å². The largest absolute Gasteiger partial charge is 0.440 e. The molecule has 1 atom stereocenters. The summed E-state index contributed by atoms with van der Waals surface area (Å²) in [6, 6.07) is 18.7. The van der Waals surface area contributed by atoms with Crippen molar-refractivity contribution in [2.24, 2.45) is 5.73 Å². The first-order valence-corrected chi connectivity index (χ1v) is 12.0. The first-order valence-electron chi connectivity index (χ1n) is 9.38. The molecule has 3 aromatic carbocycles. The minimum absolute atomic E-state index is 0.00207. The summed E-state index contributed by atoms with van der Waals surface area (Å²) in [4.78, 5) is 0.890. The summed E-state index contributed by atoms with van der Waals surface area (Å²) in [5.41, 5.74) is 7.77. The molecule has 0 saturated carbocycles. The number of nitrogens with zero attached hydrogens (tertiary/aromatic N) is 1. The molecule has 1 heterocycles. The van der Waals surface area contributed by atoms with E-state index in [0.717, 1.165) is 34.7 Å². The third-order valence-corrected chi connectivity index (χ3v) is 6.95. The molecule has 0 spiro atoms. The SMILES string of the molecule is CSc1ccc(C2C(C#N)=C(N)Oc3cc(OS(=O)(=O)c4ccc(F)cc4)ccc32)cc1. The number of hydrogen-bond donors (Lipinski definition) is 1. The van der Waals surface area contributed by atoms with Crippen LogP contribution in [0.3, 0.4) is 0 Å². The van der Waals surface area contributed by atoms with E-state index >= 15 is 0 Å². The van der Waals surface area contributed by atoms with Crippen LogP contribution in [-0.4, -0.2) is 14.7 Å². The highest BCUT2D eigenvalue weighted by Gasteiger charge is 2.31. The van der Waals surface area contributed by atoms with Crippen molar-refractivity contribution in [2.75, 3.05) is 6.26 Å². The molecule has 2 N–H and O–H groups in total. The fourth-order valence-electron chi connectivity index (χ4n) is 3.40. The van der Waals surface area contributed by atoms with E-state index < -0.39 is 21.9 Å². The molecule has 0 radical (unpaired) electrons. The molecule has 9 heteroatoms. The van der Waals surface area contributed by atoms with Crippen LogP contribution < -0.4 is 14.7 Å². The lowest BCUT2D eigenvalue weighted by Gasteiger charge is -2.26. The molecule has 0 aromatic heterocycles. The van der Waals surface area contributed by atoms with Gasteiger partial charge in [-0.2, -0.15) is 13.7 Å². The number of hydrogen-bond acceptors (Lipinski definition) is 7. The highest BCUT2D eigenvalue weighted by atomic mass is 32.2. The zero-order valence-electron chi connectivity index (χ0n) is 16.8. The maximum Gasteiger partial charge on any atom is 0.339 e. The summed E-state index contributed by atoms with van der Waals surface area (Å²) in [6.45, 7) is 0. The minimum Gasteiger partial charge on any atom is -0.440 e. The molecule has 0 fully saturated rings. The molecule has 162 valence electrons. The van der Waals surface area contributed by atoms with Crippen molar-refractivity contribution < 1.29 is 21.7 Å². The topological polar surface area (TPSA) is 102 Å². The smallest absolute Gasteiger partial charge is 0.339 e. The Morgan fingerprint density at radius 1 is 1.09 bits per heavy atom. The van der Waals surface area contributed by atoms with Crippen molar-refractivity contribution in [2.45, 2.75) is 15.7 Å². The molecule has 0 amide bonds. The first-order chi connectivity index (χ1) is 15.3. The normalized spacial score (nSPS) is 15.5. The van der Waals surface area contributed by atoms with Crippen molar-refractivity contribution in [1.29, 1.82) is 5.26 Å². The summed E-state index contributed by atoms with van der Waals surface area (Å²) in [6.07, 6.45) is 1.97. The average molecular weight is 469 g/mol. The number of nitriles is 1. The van der Waals surface area contributed by atoms with Gasteiger partial charge in [-0.05, 0) is 54.3 Å². The van der Waals surface area contributed by atoms with Gasteiger partial charge in [-0.15, -0.1) is 11.8 Å². The van der Waals surface area contributed by atoms with Crippen LogP contribution in [0, 0.1) is 17.1 Å². The van der Waals surface area contributed by atoms with Gasteiger partial charge < -0.3 is 14.7 Å². The lowest BCUT2D eigenvalue weighted by atomic mass is 9.83. The van der Waals surface area contributed by atoms with Gasteiger partial charge >= 0.3 is 10.1 Å². The van der Waals surface area contributed by atoms with Gasteiger partial charge in [0, 0.05) is 16.5 Å². The van der Waals surface area contributed by atoms with Crippen LogP contribution in [0.1, 0.15) is 17.0 Å². The fraction of sp³-hybridized carbons (Fsp3) is 0.0870. The standard InChI is InChI=1S/C23H17FN2O4S2/c1-31-17-7-2-14(3-8-17)22-19-11-6-16(12-21(19)29-23(26)20(22)13-25)30-32(27,28)18-9-4-15(24)5-10-18/h2-12,22H,26H2,1H3. The van der Waals surface area contributed by atoms with Crippen molar-refractivity contribution in [1.82, 2.24) is 0 Å². The van der Waals surface area contributed by atoms with Crippen LogP contribution in [0.25, 0.3) is 0 Å². The first kappa shape index (κ1) is 21.7. The van der Waals surface area contributed by atoms with E-state index in [1.54, 1.807) is 17.8 Å². The number of rotatable bonds is 5. The summed E-state index contributed by atoms with van der Waals surface area (Å²) >= 11 is 1.60. The van der Waals surface area contributed by atoms with Crippen molar-refractivity contribution in [3.8, 4) is 17.6 Å². The molecule has 0 bridgehead atoms. The van der Waals surface area contributed by atoms with E-state index in [0.29, 0.717) is 5.56 Å². The van der Waals surface area contributed by atoms with E-state index in [1.807, 2.05) is 30.5 Å². The Kier molecular flexibility index (Phi) is 5.82. The molecule has 6 nitrogen and oxygen atoms in total. The van der Waals surface area contributed by atoms with Crippen LogP contribution in [0.4, 0.5) is 4.39 Å². The van der Waals surface area contributed by atoms with Gasteiger partial charge in [0.2, 0.25) is 5.88 Å².